The molecule has 1 aromatic rings. The molecule has 188 valence electrons. The molecule has 0 aromatic carbocycles. The Kier molecular flexibility index (Phi) is 12.5. The molecule has 6 heteroatoms. The van der Waals surface area contributed by atoms with E-state index in [1.807, 2.05) is 59.9 Å². The number of hydrogen-bond donors (Lipinski definition) is 1. The fourth-order valence-electron chi connectivity index (χ4n) is 4.18. The van der Waals surface area contributed by atoms with Crippen molar-refractivity contribution in [3.63, 3.8) is 0 Å². The molecule has 1 aromatic heterocycles. The Hall–Kier alpha value is -1.53. The molecule has 0 saturated carbocycles. The van der Waals surface area contributed by atoms with Gasteiger partial charge in [0, 0.05) is 23.1 Å². The number of rotatable bonds is 15. The van der Waals surface area contributed by atoms with Crippen LogP contribution in [0, 0.1) is 24.2 Å². The van der Waals surface area contributed by atoms with E-state index in [4.69, 9.17) is 4.74 Å². The van der Waals surface area contributed by atoms with Gasteiger partial charge in [-0.05, 0) is 50.7 Å². The van der Waals surface area contributed by atoms with Crippen LogP contribution >= 0.6 is 11.3 Å². The summed E-state index contributed by atoms with van der Waals surface area (Å²) in [5.74, 6) is -0.668. The lowest BCUT2D eigenvalue weighted by Crippen LogP contribution is -2.39. The first-order valence-corrected chi connectivity index (χ1v) is 13.3. The Balaban J connectivity index is 2.64. The van der Waals surface area contributed by atoms with Gasteiger partial charge >= 0.3 is 5.97 Å². The number of thiazole rings is 1. The zero-order chi connectivity index (χ0) is 25.2. The maximum atomic E-state index is 13.1. The van der Waals surface area contributed by atoms with E-state index in [0.717, 1.165) is 42.0 Å². The smallest absolute Gasteiger partial charge is 0.306 e. The number of carbonyl (C=O) groups excluding carboxylic acids is 2. The molecule has 1 rings (SSSR count). The fourth-order valence-corrected chi connectivity index (χ4v) is 4.75. The van der Waals surface area contributed by atoms with Crippen LogP contribution < -0.4 is 0 Å². The number of ether oxygens (including phenoxy) is 1. The van der Waals surface area contributed by atoms with E-state index < -0.39 is 17.4 Å². The summed E-state index contributed by atoms with van der Waals surface area (Å²) < 4.78 is 5.72. The second-order valence-electron chi connectivity index (χ2n) is 10.1. The minimum Gasteiger partial charge on any atom is -0.458 e. The highest BCUT2D eigenvalue weighted by Gasteiger charge is 2.36. The number of Topliss-reactive ketones (excluding diaryl/α,β-unsaturated/α-hetero) is 1. The lowest BCUT2D eigenvalue weighted by Gasteiger charge is -2.31. The van der Waals surface area contributed by atoms with Crippen LogP contribution in [0.15, 0.2) is 11.0 Å². The summed E-state index contributed by atoms with van der Waals surface area (Å²) >= 11 is 1.59. The minimum atomic E-state index is -0.701. The molecule has 0 saturated heterocycles. The zero-order valence-electron chi connectivity index (χ0n) is 21.9. The average molecular weight is 480 g/mol. The number of aliphatic hydroxyl groups is 1. The summed E-state index contributed by atoms with van der Waals surface area (Å²) in [4.78, 5) is 30.1. The molecule has 0 aliphatic heterocycles. The van der Waals surface area contributed by atoms with Crippen molar-refractivity contribution in [2.45, 2.75) is 113 Å². The van der Waals surface area contributed by atoms with Gasteiger partial charge in [0.15, 0.2) is 0 Å². The number of ketones is 1. The van der Waals surface area contributed by atoms with E-state index >= 15 is 0 Å². The number of hydrogen-bond acceptors (Lipinski definition) is 6. The van der Waals surface area contributed by atoms with Crippen LogP contribution in [-0.4, -0.2) is 34.1 Å². The van der Waals surface area contributed by atoms with Crippen molar-refractivity contribution in [1.29, 1.82) is 0 Å². The van der Waals surface area contributed by atoms with Crippen LogP contribution in [-0.2, 0) is 14.3 Å². The lowest BCUT2D eigenvalue weighted by molar-refractivity contribution is -0.148. The first-order valence-electron chi connectivity index (χ1n) is 12.4. The average Bonchev–Trinajstić information content (AvgIpc) is 3.18. The maximum absolute atomic E-state index is 13.1. The molecule has 5 nitrogen and oxygen atoms in total. The third-order valence-electron chi connectivity index (χ3n) is 6.56. The third-order valence-corrected chi connectivity index (χ3v) is 7.35. The molecule has 0 spiro atoms. The van der Waals surface area contributed by atoms with Crippen LogP contribution in [0.4, 0.5) is 0 Å². The number of aromatic nitrogens is 1. The fraction of sp³-hybridized carbons (Fsp3) is 0.741. The van der Waals surface area contributed by atoms with Gasteiger partial charge in [-0.25, -0.2) is 4.98 Å². The largest absolute Gasteiger partial charge is 0.458 e. The molecule has 0 radical (unpaired) electrons. The molecule has 0 aliphatic carbocycles. The van der Waals surface area contributed by atoms with Crippen LogP contribution in [0.5, 0.6) is 0 Å². The predicted molar refractivity (Wildman–Crippen MR) is 137 cm³/mol. The highest BCUT2D eigenvalue weighted by molar-refractivity contribution is 7.09. The number of nitrogens with zero attached hydrogens (tertiary/aromatic N) is 1. The Labute approximate surface area is 205 Å². The van der Waals surface area contributed by atoms with Crippen molar-refractivity contribution in [1.82, 2.24) is 4.98 Å². The highest BCUT2D eigenvalue weighted by Crippen LogP contribution is 2.31. The zero-order valence-corrected chi connectivity index (χ0v) is 22.8. The third kappa shape index (κ3) is 9.70. The maximum Gasteiger partial charge on any atom is 0.306 e. The number of carbonyl (C=O) groups is 2. The summed E-state index contributed by atoms with van der Waals surface area (Å²) in [7, 11) is 0. The first kappa shape index (κ1) is 29.5. The van der Waals surface area contributed by atoms with Gasteiger partial charge in [-0.15, -0.1) is 11.3 Å². The number of unbranched alkanes of at least 4 members (excludes halogenated alkanes) is 2. The Morgan fingerprint density at radius 2 is 1.91 bits per heavy atom. The molecule has 4 atom stereocenters. The van der Waals surface area contributed by atoms with Gasteiger partial charge < -0.3 is 9.84 Å². The van der Waals surface area contributed by atoms with E-state index in [1.54, 1.807) is 11.3 Å². The molecule has 1 heterocycles. The Bertz CT molecular complexity index is 783. The van der Waals surface area contributed by atoms with Crippen molar-refractivity contribution in [2.24, 2.45) is 17.3 Å². The van der Waals surface area contributed by atoms with Gasteiger partial charge in [0.2, 0.25) is 0 Å². The number of esters is 1. The van der Waals surface area contributed by atoms with E-state index in [-0.39, 0.29) is 30.2 Å². The summed E-state index contributed by atoms with van der Waals surface area (Å²) in [6.07, 6.45) is 6.52. The second-order valence-corrected chi connectivity index (χ2v) is 11.1. The number of aryl methyl sites for hydroxylation is 1. The van der Waals surface area contributed by atoms with Crippen molar-refractivity contribution in [3.8, 4) is 0 Å². The summed E-state index contributed by atoms with van der Waals surface area (Å²) in [6.45, 7) is 15.6. The molecule has 33 heavy (non-hydrogen) atoms. The van der Waals surface area contributed by atoms with E-state index in [9.17, 15) is 14.7 Å². The molecule has 0 fully saturated rings. The van der Waals surface area contributed by atoms with Gasteiger partial charge in [-0.3, -0.25) is 9.59 Å². The van der Waals surface area contributed by atoms with E-state index in [1.165, 1.54) is 0 Å². The highest BCUT2D eigenvalue weighted by atomic mass is 32.1. The molecular formula is C27H45NO4S. The molecule has 0 aliphatic rings. The monoisotopic (exact) mass is 479 g/mol. The van der Waals surface area contributed by atoms with Gasteiger partial charge in [0.25, 0.3) is 0 Å². The standard InChI is InChI=1S/C27H45NO4S/c1-9-11-12-13-18(3)25(30)20(5)26(31)27(7,8)15-14-24(29)32-23(10-2)19(4)16-22-17-33-21(6)28-22/h16-18,20,23,25,30H,9-15H2,1-8H3/b19-16+/t18-,20+,23-,25-/m0/s1. The summed E-state index contributed by atoms with van der Waals surface area (Å²) in [5, 5.41) is 13.7. The molecule has 0 bridgehead atoms. The van der Waals surface area contributed by atoms with Gasteiger partial charge in [-0.1, -0.05) is 60.8 Å². The minimum absolute atomic E-state index is 0.00663. The molecule has 1 N–H and O–H groups in total. The van der Waals surface area contributed by atoms with Crippen LogP contribution in [0.3, 0.4) is 0 Å². The topological polar surface area (TPSA) is 76.5 Å². The van der Waals surface area contributed by atoms with Crippen LogP contribution in [0.2, 0.25) is 0 Å². The predicted octanol–water partition coefficient (Wildman–Crippen LogP) is 6.77. The quantitative estimate of drug-likeness (QED) is 0.222. The second kappa shape index (κ2) is 14.0. The van der Waals surface area contributed by atoms with Crippen molar-refractivity contribution in [2.75, 3.05) is 0 Å². The van der Waals surface area contributed by atoms with Crippen LogP contribution in [0.25, 0.3) is 6.08 Å². The summed E-state index contributed by atoms with van der Waals surface area (Å²) in [6, 6.07) is 0. The van der Waals surface area contributed by atoms with E-state index in [2.05, 4.69) is 11.9 Å². The summed E-state index contributed by atoms with van der Waals surface area (Å²) in [5.41, 5.74) is 1.14. The normalized spacial score (nSPS) is 16.2. The Morgan fingerprint density at radius 3 is 2.45 bits per heavy atom. The molecule has 0 amide bonds. The van der Waals surface area contributed by atoms with Crippen LogP contribution in [0.1, 0.15) is 104 Å². The van der Waals surface area contributed by atoms with Crippen molar-refractivity contribution >= 4 is 29.2 Å². The van der Waals surface area contributed by atoms with Crippen molar-refractivity contribution in [3.05, 3.63) is 21.7 Å². The Morgan fingerprint density at radius 1 is 1.24 bits per heavy atom. The number of aliphatic hydroxyl groups excluding tert-OH is 1. The van der Waals surface area contributed by atoms with E-state index in [0.29, 0.717) is 12.8 Å². The SMILES string of the molecule is CCCCC[C@H](C)[C@H](O)[C@@H](C)C(=O)C(C)(C)CCC(=O)O[C@@H](CC)/C(C)=C/c1csc(C)n1. The lowest BCUT2D eigenvalue weighted by atomic mass is 9.74. The van der Waals surface area contributed by atoms with Gasteiger partial charge in [0.05, 0.1) is 16.8 Å². The molecule has 0 unspecified atom stereocenters. The van der Waals surface area contributed by atoms with Crippen molar-refractivity contribution < 1.29 is 19.4 Å². The van der Waals surface area contributed by atoms with Gasteiger partial charge in [0.1, 0.15) is 11.9 Å². The molecular weight excluding hydrogens is 434 g/mol. The van der Waals surface area contributed by atoms with Gasteiger partial charge in [-0.2, -0.15) is 0 Å². The first-order chi connectivity index (χ1) is 15.4.